The average Bonchev–Trinajstić information content (AvgIpc) is 2.82. The minimum atomic E-state index is -1.09. The summed E-state index contributed by atoms with van der Waals surface area (Å²) >= 11 is 0. The zero-order valence-corrected chi connectivity index (χ0v) is 17.7. The number of benzene rings is 3. The van der Waals surface area contributed by atoms with E-state index in [1.807, 2.05) is 60.7 Å². The van der Waals surface area contributed by atoms with Gasteiger partial charge in [0.1, 0.15) is 12.6 Å². The van der Waals surface area contributed by atoms with Gasteiger partial charge < -0.3 is 19.9 Å². The molecule has 0 bridgehead atoms. The molecule has 0 aliphatic carbocycles. The van der Waals surface area contributed by atoms with Crippen molar-refractivity contribution < 1.29 is 24.2 Å². The molecule has 3 aromatic rings. The van der Waals surface area contributed by atoms with E-state index in [1.54, 1.807) is 31.4 Å². The topological polar surface area (TPSA) is 84.9 Å². The van der Waals surface area contributed by atoms with Crippen LogP contribution in [0.3, 0.4) is 0 Å². The smallest absolute Gasteiger partial charge is 0.326 e. The van der Waals surface area contributed by atoms with Crippen molar-refractivity contribution in [3.05, 3.63) is 102 Å². The number of amides is 1. The number of methoxy groups -OCH3 is 1. The number of rotatable bonds is 10. The van der Waals surface area contributed by atoms with E-state index in [0.717, 1.165) is 16.7 Å². The van der Waals surface area contributed by atoms with Gasteiger partial charge in [0.15, 0.2) is 11.5 Å². The highest BCUT2D eigenvalue weighted by Gasteiger charge is 2.19. The first-order valence-electron chi connectivity index (χ1n) is 10.1. The molecule has 0 fully saturated rings. The third kappa shape index (κ3) is 6.74. The zero-order valence-electron chi connectivity index (χ0n) is 17.7. The summed E-state index contributed by atoms with van der Waals surface area (Å²) < 4.78 is 11.2. The normalized spacial score (nSPS) is 11.7. The molecule has 0 radical (unpaired) electrons. The Hall–Kier alpha value is -4.06. The highest BCUT2D eigenvalue weighted by Crippen LogP contribution is 2.29. The van der Waals surface area contributed by atoms with E-state index < -0.39 is 17.9 Å². The SMILES string of the molecule is COc1cc(/C=C/C(=O)N[C@@H](Cc2ccccc2)C(=O)O)ccc1OCc1ccccc1. The van der Waals surface area contributed by atoms with Crippen LogP contribution in [0.5, 0.6) is 11.5 Å². The molecule has 32 heavy (non-hydrogen) atoms. The standard InChI is InChI=1S/C26H25NO5/c1-31-24-17-20(12-14-23(24)32-18-21-10-6-3-7-11-21)13-15-25(28)27-22(26(29)30)16-19-8-4-2-5-9-19/h2-15,17,22H,16,18H2,1H3,(H,27,28)(H,29,30)/b15-13+/t22-/m0/s1. The van der Waals surface area contributed by atoms with Crippen molar-refractivity contribution in [2.75, 3.05) is 7.11 Å². The Kier molecular flexibility index (Phi) is 8.03. The van der Waals surface area contributed by atoms with E-state index in [1.165, 1.54) is 6.08 Å². The van der Waals surface area contributed by atoms with Crippen LogP contribution in [0.1, 0.15) is 16.7 Å². The Morgan fingerprint density at radius 1 is 0.938 bits per heavy atom. The maximum Gasteiger partial charge on any atom is 0.326 e. The lowest BCUT2D eigenvalue weighted by Crippen LogP contribution is -2.41. The lowest BCUT2D eigenvalue weighted by molar-refractivity contribution is -0.141. The summed E-state index contributed by atoms with van der Waals surface area (Å²) in [4.78, 5) is 23.8. The fourth-order valence-corrected chi connectivity index (χ4v) is 3.08. The van der Waals surface area contributed by atoms with Crippen LogP contribution in [-0.4, -0.2) is 30.1 Å². The van der Waals surface area contributed by atoms with E-state index in [-0.39, 0.29) is 6.42 Å². The molecule has 3 aromatic carbocycles. The Bertz CT molecular complexity index is 1060. The maximum atomic E-state index is 12.3. The number of carbonyl (C=O) groups excluding carboxylic acids is 1. The van der Waals surface area contributed by atoms with Gasteiger partial charge in [-0.3, -0.25) is 4.79 Å². The second kappa shape index (κ2) is 11.4. The second-order valence-electron chi connectivity index (χ2n) is 7.11. The lowest BCUT2D eigenvalue weighted by atomic mass is 10.1. The molecule has 0 aliphatic rings. The van der Waals surface area contributed by atoms with Gasteiger partial charge in [-0.05, 0) is 34.9 Å². The van der Waals surface area contributed by atoms with Crippen molar-refractivity contribution in [1.29, 1.82) is 0 Å². The van der Waals surface area contributed by atoms with Gasteiger partial charge in [-0.2, -0.15) is 0 Å². The molecule has 0 aromatic heterocycles. The predicted molar refractivity (Wildman–Crippen MR) is 123 cm³/mol. The van der Waals surface area contributed by atoms with Crippen molar-refractivity contribution in [3.8, 4) is 11.5 Å². The maximum absolute atomic E-state index is 12.3. The molecular weight excluding hydrogens is 406 g/mol. The first-order chi connectivity index (χ1) is 15.5. The summed E-state index contributed by atoms with van der Waals surface area (Å²) in [6, 6.07) is 23.3. The minimum Gasteiger partial charge on any atom is -0.493 e. The first-order valence-corrected chi connectivity index (χ1v) is 10.1. The summed E-state index contributed by atoms with van der Waals surface area (Å²) in [5, 5.41) is 12.0. The molecule has 1 atom stereocenters. The molecule has 0 unspecified atom stereocenters. The summed E-state index contributed by atoms with van der Waals surface area (Å²) in [5.74, 6) is -0.448. The van der Waals surface area contributed by atoms with Crippen LogP contribution in [0.25, 0.3) is 6.08 Å². The fraction of sp³-hybridized carbons (Fsp3) is 0.154. The molecule has 6 heteroatoms. The van der Waals surface area contributed by atoms with Gasteiger partial charge in [0.25, 0.3) is 0 Å². The number of hydrogen-bond acceptors (Lipinski definition) is 4. The predicted octanol–water partition coefficient (Wildman–Crippen LogP) is 4.10. The second-order valence-corrected chi connectivity index (χ2v) is 7.11. The lowest BCUT2D eigenvalue weighted by Gasteiger charge is -2.13. The number of hydrogen-bond donors (Lipinski definition) is 2. The van der Waals surface area contributed by atoms with Gasteiger partial charge in [-0.25, -0.2) is 4.79 Å². The van der Waals surface area contributed by atoms with Gasteiger partial charge in [0.05, 0.1) is 7.11 Å². The number of carbonyl (C=O) groups is 2. The van der Waals surface area contributed by atoms with Crippen molar-refractivity contribution in [2.24, 2.45) is 0 Å². The Morgan fingerprint density at radius 2 is 1.59 bits per heavy atom. The number of carboxylic acids is 1. The monoisotopic (exact) mass is 431 g/mol. The van der Waals surface area contributed by atoms with Gasteiger partial charge in [0.2, 0.25) is 5.91 Å². The molecule has 0 heterocycles. The van der Waals surface area contributed by atoms with E-state index in [9.17, 15) is 14.7 Å². The average molecular weight is 431 g/mol. The van der Waals surface area contributed by atoms with E-state index in [2.05, 4.69) is 5.32 Å². The van der Waals surface area contributed by atoms with Crippen LogP contribution in [-0.2, 0) is 22.6 Å². The van der Waals surface area contributed by atoms with E-state index >= 15 is 0 Å². The first kappa shape index (κ1) is 22.6. The van der Waals surface area contributed by atoms with Crippen LogP contribution in [0.15, 0.2) is 84.9 Å². The number of ether oxygens (including phenoxy) is 2. The molecule has 0 saturated heterocycles. The van der Waals surface area contributed by atoms with Gasteiger partial charge >= 0.3 is 5.97 Å². The van der Waals surface area contributed by atoms with Crippen molar-refractivity contribution in [1.82, 2.24) is 5.32 Å². The zero-order chi connectivity index (χ0) is 22.8. The molecule has 6 nitrogen and oxygen atoms in total. The number of aliphatic carboxylic acids is 1. The van der Waals surface area contributed by atoms with Crippen LogP contribution < -0.4 is 14.8 Å². The van der Waals surface area contributed by atoms with Crippen molar-refractivity contribution in [2.45, 2.75) is 19.1 Å². The van der Waals surface area contributed by atoms with Crippen LogP contribution in [0.4, 0.5) is 0 Å². The van der Waals surface area contributed by atoms with E-state index in [0.29, 0.717) is 18.1 Å². The molecule has 2 N–H and O–H groups in total. The Morgan fingerprint density at radius 3 is 2.22 bits per heavy atom. The molecule has 1 amide bonds. The molecule has 3 rings (SSSR count). The summed E-state index contributed by atoms with van der Waals surface area (Å²) in [5.41, 5.74) is 2.60. The van der Waals surface area contributed by atoms with Crippen LogP contribution in [0.2, 0.25) is 0 Å². The number of carboxylic acid groups (broad SMARTS) is 1. The molecule has 0 aliphatic heterocycles. The summed E-state index contributed by atoms with van der Waals surface area (Å²) in [7, 11) is 1.55. The Balaban J connectivity index is 1.61. The van der Waals surface area contributed by atoms with E-state index in [4.69, 9.17) is 9.47 Å². The van der Waals surface area contributed by atoms with Crippen molar-refractivity contribution >= 4 is 18.0 Å². The fourth-order valence-electron chi connectivity index (χ4n) is 3.08. The highest BCUT2D eigenvalue weighted by atomic mass is 16.5. The van der Waals surface area contributed by atoms with Gasteiger partial charge in [0, 0.05) is 12.5 Å². The van der Waals surface area contributed by atoms with Gasteiger partial charge in [-0.15, -0.1) is 0 Å². The minimum absolute atomic E-state index is 0.205. The van der Waals surface area contributed by atoms with Crippen LogP contribution >= 0.6 is 0 Å². The summed E-state index contributed by atoms with van der Waals surface area (Å²) in [6.45, 7) is 0.410. The van der Waals surface area contributed by atoms with Crippen LogP contribution in [0, 0.1) is 0 Å². The molecular formula is C26H25NO5. The largest absolute Gasteiger partial charge is 0.493 e. The summed E-state index contributed by atoms with van der Waals surface area (Å²) in [6.07, 6.45) is 3.11. The molecule has 0 spiro atoms. The van der Waals surface area contributed by atoms with Gasteiger partial charge in [-0.1, -0.05) is 66.7 Å². The molecule has 0 saturated carbocycles. The quantitative estimate of drug-likeness (QED) is 0.472. The molecule has 164 valence electrons. The number of nitrogens with one attached hydrogen (secondary N) is 1. The Labute approximate surface area is 187 Å². The third-order valence-electron chi connectivity index (χ3n) is 4.75. The highest BCUT2D eigenvalue weighted by molar-refractivity contribution is 5.94. The van der Waals surface area contributed by atoms with Crippen molar-refractivity contribution in [3.63, 3.8) is 0 Å². The third-order valence-corrected chi connectivity index (χ3v) is 4.75.